The highest BCUT2D eigenvalue weighted by Gasteiger charge is 2.28. The normalized spacial score (nSPS) is 15.4. The van der Waals surface area contributed by atoms with Crippen LogP contribution in [-0.4, -0.2) is 48.6 Å². The number of methoxy groups -OCH3 is 1. The van der Waals surface area contributed by atoms with Crippen LogP contribution in [0, 0.1) is 0 Å². The number of ether oxygens (including phenoxy) is 1. The SMILES string of the molecule is COc1ccc(CN2CC[N+](=C3Nc4cc(Cl)ccc4Nc4ccccc43)CC2)cc1.[Cl-]. The van der Waals surface area contributed by atoms with Crippen molar-refractivity contribution in [2.24, 2.45) is 0 Å². The number of amidine groups is 1. The summed E-state index contributed by atoms with van der Waals surface area (Å²) in [5.74, 6) is 2.03. The topological polar surface area (TPSA) is 39.5 Å². The van der Waals surface area contributed by atoms with Gasteiger partial charge in [-0.25, -0.2) is 5.32 Å². The summed E-state index contributed by atoms with van der Waals surface area (Å²) >= 11 is 6.28. The molecule has 0 radical (unpaired) electrons. The molecule has 7 heteroatoms. The molecule has 5 rings (SSSR count). The number of hydrogen-bond donors (Lipinski definition) is 2. The minimum atomic E-state index is 0. The molecule has 2 N–H and O–H groups in total. The lowest BCUT2D eigenvalue weighted by Gasteiger charge is -2.28. The van der Waals surface area contributed by atoms with Crippen LogP contribution in [0.15, 0.2) is 66.7 Å². The lowest BCUT2D eigenvalue weighted by molar-refractivity contribution is -0.539. The molecule has 0 aromatic heterocycles. The van der Waals surface area contributed by atoms with Gasteiger partial charge in [0.25, 0.3) is 5.84 Å². The van der Waals surface area contributed by atoms with E-state index in [1.165, 1.54) is 11.1 Å². The summed E-state index contributed by atoms with van der Waals surface area (Å²) < 4.78 is 7.71. The van der Waals surface area contributed by atoms with Crippen molar-refractivity contribution in [2.75, 3.05) is 43.9 Å². The molecule has 1 saturated heterocycles. The van der Waals surface area contributed by atoms with Crippen LogP contribution in [0.4, 0.5) is 17.1 Å². The monoisotopic (exact) mass is 468 g/mol. The number of halogens is 2. The van der Waals surface area contributed by atoms with Crippen molar-refractivity contribution in [1.82, 2.24) is 4.90 Å². The van der Waals surface area contributed by atoms with Crippen LogP contribution in [0.25, 0.3) is 0 Å². The van der Waals surface area contributed by atoms with Gasteiger partial charge in [-0.3, -0.25) is 9.48 Å². The van der Waals surface area contributed by atoms with E-state index in [-0.39, 0.29) is 12.4 Å². The third-order valence-corrected chi connectivity index (χ3v) is 6.18. The van der Waals surface area contributed by atoms with E-state index in [9.17, 15) is 0 Å². The second-order valence-electron chi connectivity index (χ2n) is 7.95. The van der Waals surface area contributed by atoms with Gasteiger partial charge >= 0.3 is 0 Å². The van der Waals surface area contributed by atoms with E-state index in [2.05, 4.69) is 56.5 Å². The highest BCUT2D eigenvalue weighted by molar-refractivity contribution is 6.31. The van der Waals surface area contributed by atoms with Crippen molar-refractivity contribution >= 4 is 34.5 Å². The summed E-state index contributed by atoms with van der Waals surface area (Å²) in [5, 5.41) is 7.95. The summed E-state index contributed by atoms with van der Waals surface area (Å²) in [4.78, 5) is 2.50. The summed E-state index contributed by atoms with van der Waals surface area (Å²) in [7, 11) is 1.70. The number of benzene rings is 3. The average Bonchev–Trinajstić information content (AvgIpc) is 2.97. The number of nitrogens with zero attached hydrogens (tertiary/aromatic N) is 2. The summed E-state index contributed by atoms with van der Waals surface area (Å²) in [6.07, 6.45) is 0. The average molecular weight is 469 g/mol. The van der Waals surface area contributed by atoms with Crippen LogP contribution in [0.3, 0.4) is 0 Å². The number of piperazine rings is 1. The van der Waals surface area contributed by atoms with Gasteiger partial charge in [0.2, 0.25) is 0 Å². The maximum Gasteiger partial charge on any atom is 0.284 e. The Kier molecular flexibility index (Phi) is 6.89. The number of hydrogen-bond acceptors (Lipinski definition) is 3. The molecule has 0 unspecified atom stereocenters. The minimum absolute atomic E-state index is 0. The Morgan fingerprint density at radius 3 is 2.41 bits per heavy atom. The van der Waals surface area contributed by atoms with Gasteiger partial charge in [-0.1, -0.05) is 35.9 Å². The van der Waals surface area contributed by atoms with Gasteiger partial charge < -0.3 is 22.5 Å². The fourth-order valence-electron chi connectivity index (χ4n) is 4.24. The number of fused-ring (bicyclic) bond motifs is 2. The number of para-hydroxylation sites is 1. The molecular formula is C25H26Cl2N4O. The van der Waals surface area contributed by atoms with E-state index in [1.807, 2.05) is 30.3 Å². The van der Waals surface area contributed by atoms with E-state index in [1.54, 1.807) is 7.11 Å². The smallest absolute Gasteiger partial charge is 0.284 e. The zero-order valence-corrected chi connectivity index (χ0v) is 19.5. The largest absolute Gasteiger partial charge is 1.00 e. The molecule has 0 aliphatic carbocycles. The first-order valence-electron chi connectivity index (χ1n) is 10.6. The Balaban J connectivity index is 0.00000245. The first-order valence-corrected chi connectivity index (χ1v) is 11.0. The van der Waals surface area contributed by atoms with Crippen molar-refractivity contribution < 1.29 is 21.7 Å². The van der Waals surface area contributed by atoms with Crippen molar-refractivity contribution in [1.29, 1.82) is 0 Å². The molecule has 1 fully saturated rings. The second-order valence-corrected chi connectivity index (χ2v) is 8.38. The Morgan fingerprint density at radius 1 is 0.906 bits per heavy atom. The zero-order valence-electron chi connectivity index (χ0n) is 17.9. The zero-order chi connectivity index (χ0) is 21.2. The molecule has 3 aromatic rings. The number of nitrogens with one attached hydrogen (secondary N) is 2. The third kappa shape index (κ3) is 4.70. The Bertz CT molecular complexity index is 1120. The Morgan fingerprint density at radius 2 is 1.66 bits per heavy atom. The van der Waals surface area contributed by atoms with Crippen molar-refractivity contribution in [3.63, 3.8) is 0 Å². The minimum Gasteiger partial charge on any atom is -1.00 e. The highest BCUT2D eigenvalue weighted by atomic mass is 35.5. The predicted molar refractivity (Wildman–Crippen MR) is 127 cm³/mol. The molecule has 2 aliphatic heterocycles. The fraction of sp³-hybridized carbons (Fsp3) is 0.240. The second kappa shape index (κ2) is 9.82. The molecule has 2 heterocycles. The quantitative estimate of drug-likeness (QED) is 0.575. The fourth-order valence-corrected chi connectivity index (χ4v) is 4.41. The predicted octanol–water partition coefficient (Wildman–Crippen LogP) is 1.80. The van der Waals surface area contributed by atoms with Gasteiger partial charge in [-0.15, -0.1) is 0 Å². The Hall–Kier alpha value is -2.73. The van der Waals surface area contributed by atoms with Crippen LogP contribution in [-0.2, 0) is 6.54 Å². The van der Waals surface area contributed by atoms with Crippen molar-refractivity contribution in [2.45, 2.75) is 6.54 Å². The van der Waals surface area contributed by atoms with Crippen LogP contribution in [0.5, 0.6) is 5.75 Å². The van der Waals surface area contributed by atoms with Gasteiger partial charge in [0.05, 0.1) is 37.1 Å². The number of rotatable bonds is 3. The van der Waals surface area contributed by atoms with Gasteiger partial charge in [-0.05, 0) is 42.0 Å². The molecule has 0 amide bonds. The standard InChI is InChI=1S/C25H25ClN4O.ClH/c1-31-20-9-6-18(7-10-20)17-29-12-14-30(15-13-29)25-21-4-2-3-5-22(21)27-23-11-8-19(26)16-24(23)28-25;/h2-11,16H,12-15,17H2,1H3,(H,27,28);1H. The summed E-state index contributed by atoms with van der Waals surface area (Å²) in [6.45, 7) is 4.90. The Labute approximate surface area is 200 Å². The van der Waals surface area contributed by atoms with E-state index in [0.717, 1.165) is 66.4 Å². The molecule has 0 atom stereocenters. The van der Waals surface area contributed by atoms with Crippen molar-refractivity contribution in [3.05, 3.63) is 82.9 Å². The molecule has 166 valence electrons. The molecule has 0 bridgehead atoms. The van der Waals surface area contributed by atoms with Gasteiger partial charge in [0, 0.05) is 30.7 Å². The maximum atomic E-state index is 6.28. The van der Waals surface area contributed by atoms with Crippen molar-refractivity contribution in [3.8, 4) is 5.75 Å². The van der Waals surface area contributed by atoms with Crippen LogP contribution in [0.2, 0.25) is 5.02 Å². The van der Waals surface area contributed by atoms with E-state index in [0.29, 0.717) is 0 Å². The lowest BCUT2D eigenvalue weighted by atomic mass is 10.1. The summed E-state index contributed by atoms with van der Waals surface area (Å²) in [6, 6.07) is 22.7. The van der Waals surface area contributed by atoms with Gasteiger partial charge in [0.1, 0.15) is 11.4 Å². The lowest BCUT2D eigenvalue weighted by Crippen LogP contribution is -3.00. The molecule has 0 spiro atoms. The maximum absolute atomic E-state index is 6.28. The molecular weight excluding hydrogens is 443 g/mol. The number of anilines is 3. The highest BCUT2D eigenvalue weighted by Crippen LogP contribution is 2.34. The van der Waals surface area contributed by atoms with Gasteiger partial charge in [-0.2, -0.15) is 0 Å². The third-order valence-electron chi connectivity index (χ3n) is 5.94. The van der Waals surface area contributed by atoms with E-state index in [4.69, 9.17) is 16.3 Å². The van der Waals surface area contributed by atoms with Crippen LogP contribution >= 0.6 is 11.6 Å². The molecule has 32 heavy (non-hydrogen) atoms. The van der Waals surface area contributed by atoms with Gasteiger partial charge in [0.15, 0.2) is 0 Å². The molecule has 5 nitrogen and oxygen atoms in total. The summed E-state index contributed by atoms with van der Waals surface area (Å²) in [5.41, 5.74) is 5.63. The first kappa shape index (κ1) is 22.5. The van der Waals surface area contributed by atoms with E-state index >= 15 is 0 Å². The molecule has 2 aliphatic rings. The first-order chi connectivity index (χ1) is 15.2. The van der Waals surface area contributed by atoms with Crippen LogP contribution < -0.4 is 27.8 Å². The molecule has 0 saturated carbocycles. The molecule has 3 aromatic carbocycles. The van der Waals surface area contributed by atoms with E-state index < -0.39 is 0 Å². The van der Waals surface area contributed by atoms with Crippen LogP contribution in [0.1, 0.15) is 11.1 Å².